The van der Waals surface area contributed by atoms with E-state index < -0.39 is 30.2 Å². The van der Waals surface area contributed by atoms with Crippen molar-refractivity contribution in [3.63, 3.8) is 0 Å². The molecule has 6 nitrogen and oxygen atoms in total. The number of benzene rings is 1. The number of carbonyl (C=O) groups excluding carboxylic acids is 2. The third-order valence-corrected chi connectivity index (χ3v) is 3.50. The summed E-state index contributed by atoms with van der Waals surface area (Å²) in [6.45, 7) is 5.39. The lowest BCUT2D eigenvalue weighted by molar-refractivity contribution is -0.138. The summed E-state index contributed by atoms with van der Waals surface area (Å²) in [5.41, 5.74) is 0.0615. The summed E-state index contributed by atoms with van der Waals surface area (Å²) in [5, 5.41) is 13.8. The number of carboxylic acids is 1. The molecule has 0 saturated heterocycles. The zero-order valence-corrected chi connectivity index (χ0v) is 15.1. The highest BCUT2D eigenvalue weighted by Gasteiger charge is 2.20. The van der Waals surface area contributed by atoms with Crippen LogP contribution in [0.25, 0.3) is 0 Å². The summed E-state index contributed by atoms with van der Waals surface area (Å²) in [4.78, 5) is 34.7. The molecule has 3 N–H and O–H groups in total. The summed E-state index contributed by atoms with van der Waals surface area (Å²) in [7, 11) is 0. The van der Waals surface area contributed by atoms with Crippen LogP contribution in [0, 0.1) is 11.2 Å². The Labute approximate surface area is 150 Å². The number of carboxylic acid groups (broad SMARTS) is 1. The molecule has 0 bridgehead atoms. The van der Waals surface area contributed by atoms with Gasteiger partial charge in [-0.05, 0) is 23.1 Å². The molecule has 1 atom stereocenters. The quantitative estimate of drug-likeness (QED) is 0.685. The lowest BCUT2D eigenvalue weighted by Gasteiger charge is -2.19. The molecule has 0 aliphatic rings. The number of carbonyl (C=O) groups is 3. The number of hydrogen-bond acceptors (Lipinski definition) is 3. The molecule has 8 heteroatoms. The van der Waals surface area contributed by atoms with Crippen LogP contribution in [0.4, 0.5) is 4.39 Å². The topological polar surface area (TPSA) is 95.5 Å². The lowest BCUT2D eigenvalue weighted by atomic mass is 9.92. The second-order valence-corrected chi connectivity index (χ2v) is 7.31. The molecule has 0 aromatic heterocycles. The predicted molar refractivity (Wildman–Crippen MR) is 91.6 cm³/mol. The first kappa shape index (κ1) is 20.9. The van der Waals surface area contributed by atoms with E-state index in [1.54, 1.807) is 0 Å². The maximum absolute atomic E-state index is 13.6. The summed E-state index contributed by atoms with van der Waals surface area (Å²) >= 11 is 5.61. The fourth-order valence-electron chi connectivity index (χ4n) is 2.12. The monoisotopic (exact) mass is 372 g/mol. The number of rotatable bonds is 7. The van der Waals surface area contributed by atoms with Gasteiger partial charge < -0.3 is 15.7 Å². The Morgan fingerprint density at radius 2 is 1.88 bits per heavy atom. The highest BCUT2D eigenvalue weighted by atomic mass is 35.5. The third kappa shape index (κ3) is 7.98. The van der Waals surface area contributed by atoms with Crippen molar-refractivity contribution in [2.24, 2.45) is 5.41 Å². The van der Waals surface area contributed by atoms with Gasteiger partial charge in [-0.2, -0.15) is 0 Å². The van der Waals surface area contributed by atoms with Gasteiger partial charge in [0.05, 0.1) is 24.0 Å². The van der Waals surface area contributed by atoms with Crippen LogP contribution >= 0.6 is 11.6 Å². The molecule has 0 aliphatic carbocycles. The van der Waals surface area contributed by atoms with E-state index >= 15 is 0 Å². The van der Waals surface area contributed by atoms with E-state index in [4.69, 9.17) is 16.7 Å². The van der Waals surface area contributed by atoms with Gasteiger partial charge in [0, 0.05) is 6.42 Å². The Bertz CT molecular complexity index is 659. The molecular formula is C17H22ClFN2O4. The Kier molecular flexibility index (Phi) is 7.36. The molecule has 1 rings (SSSR count). The fourth-order valence-corrected chi connectivity index (χ4v) is 2.24. The van der Waals surface area contributed by atoms with Crippen LogP contribution < -0.4 is 10.6 Å². The van der Waals surface area contributed by atoms with Crippen LogP contribution in [-0.4, -0.2) is 29.4 Å². The molecule has 138 valence electrons. The Morgan fingerprint density at radius 1 is 1.24 bits per heavy atom. The molecule has 0 spiro atoms. The van der Waals surface area contributed by atoms with Gasteiger partial charge >= 0.3 is 5.97 Å². The van der Waals surface area contributed by atoms with Gasteiger partial charge in [0.25, 0.3) is 0 Å². The van der Waals surface area contributed by atoms with Gasteiger partial charge in [-0.25, -0.2) is 4.39 Å². The van der Waals surface area contributed by atoms with Crippen LogP contribution in [0.5, 0.6) is 0 Å². The minimum Gasteiger partial charge on any atom is -0.481 e. The van der Waals surface area contributed by atoms with Crippen molar-refractivity contribution in [1.29, 1.82) is 0 Å². The standard InChI is InChI=1S/C17H22ClFN2O4/c1-17(2,3)8-14(22)20-9-15(23)21-13(7-16(24)25)10-4-5-11(18)12(19)6-10/h4-6,13H,7-9H2,1-3H3,(H,20,22)(H,21,23)(H,24,25). The first-order chi connectivity index (χ1) is 11.5. The third-order valence-electron chi connectivity index (χ3n) is 3.20. The van der Waals surface area contributed by atoms with Gasteiger partial charge in [0.15, 0.2) is 0 Å². The zero-order chi connectivity index (χ0) is 19.2. The van der Waals surface area contributed by atoms with Crippen molar-refractivity contribution in [3.05, 3.63) is 34.6 Å². The summed E-state index contributed by atoms with van der Waals surface area (Å²) in [6, 6.07) is 2.88. The molecule has 1 aromatic rings. The first-order valence-electron chi connectivity index (χ1n) is 7.71. The summed E-state index contributed by atoms with van der Waals surface area (Å²) in [6.07, 6.45) is -0.177. The normalized spacial score (nSPS) is 12.4. The van der Waals surface area contributed by atoms with Gasteiger partial charge in [-0.3, -0.25) is 14.4 Å². The van der Waals surface area contributed by atoms with Gasteiger partial charge in [0.1, 0.15) is 5.82 Å². The maximum Gasteiger partial charge on any atom is 0.305 e. The fraction of sp³-hybridized carbons (Fsp3) is 0.471. The smallest absolute Gasteiger partial charge is 0.305 e. The highest BCUT2D eigenvalue weighted by Crippen LogP contribution is 2.22. The van der Waals surface area contributed by atoms with Crippen molar-refractivity contribution < 1.29 is 23.9 Å². The van der Waals surface area contributed by atoms with Crippen molar-refractivity contribution >= 4 is 29.4 Å². The number of aliphatic carboxylic acids is 1. The van der Waals surface area contributed by atoms with Crippen LogP contribution in [-0.2, 0) is 14.4 Å². The van der Waals surface area contributed by atoms with Crippen molar-refractivity contribution in [2.45, 2.75) is 39.7 Å². The molecule has 2 amide bonds. The van der Waals surface area contributed by atoms with Gasteiger partial charge in [0.2, 0.25) is 11.8 Å². The van der Waals surface area contributed by atoms with E-state index in [9.17, 15) is 18.8 Å². The van der Waals surface area contributed by atoms with Crippen molar-refractivity contribution in [3.8, 4) is 0 Å². The number of nitrogens with one attached hydrogen (secondary N) is 2. The minimum atomic E-state index is -1.16. The molecule has 1 unspecified atom stereocenters. The molecule has 0 radical (unpaired) electrons. The van der Waals surface area contributed by atoms with Crippen LogP contribution in [0.15, 0.2) is 18.2 Å². The SMILES string of the molecule is CC(C)(C)CC(=O)NCC(=O)NC(CC(=O)O)c1ccc(Cl)c(F)c1. The maximum atomic E-state index is 13.6. The molecule has 0 aliphatic heterocycles. The Hall–Kier alpha value is -2.15. The van der Waals surface area contributed by atoms with Gasteiger partial charge in [-0.15, -0.1) is 0 Å². The summed E-state index contributed by atoms with van der Waals surface area (Å²) in [5.74, 6) is -2.71. The zero-order valence-electron chi connectivity index (χ0n) is 14.4. The average molecular weight is 373 g/mol. The van der Waals surface area contributed by atoms with E-state index in [0.717, 1.165) is 6.07 Å². The van der Waals surface area contributed by atoms with Crippen LogP contribution in [0.2, 0.25) is 5.02 Å². The molecular weight excluding hydrogens is 351 g/mol. The number of halogens is 2. The van der Waals surface area contributed by atoms with Crippen LogP contribution in [0.1, 0.15) is 45.2 Å². The molecule has 25 heavy (non-hydrogen) atoms. The Morgan fingerprint density at radius 3 is 2.40 bits per heavy atom. The summed E-state index contributed by atoms with van der Waals surface area (Å²) < 4.78 is 13.6. The highest BCUT2D eigenvalue weighted by molar-refractivity contribution is 6.30. The van der Waals surface area contributed by atoms with Crippen molar-refractivity contribution in [2.75, 3.05) is 6.54 Å². The van der Waals surface area contributed by atoms with Gasteiger partial charge in [-0.1, -0.05) is 38.4 Å². The largest absolute Gasteiger partial charge is 0.481 e. The predicted octanol–water partition coefficient (Wildman–Crippen LogP) is 2.66. The second-order valence-electron chi connectivity index (χ2n) is 6.91. The van der Waals surface area contributed by atoms with E-state index in [1.165, 1.54) is 12.1 Å². The Balaban J connectivity index is 2.71. The average Bonchev–Trinajstić information content (AvgIpc) is 2.45. The first-order valence-corrected chi connectivity index (χ1v) is 8.08. The van der Waals surface area contributed by atoms with E-state index in [-0.39, 0.29) is 34.9 Å². The van der Waals surface area contributed by atoms with E-state index in [1.807, 2.05) is 20.8 Å². The van der Waals surface area contributed by atoms with E-state index in [0.29, 0.717) is 0 Å². The second kappa shape index (κ2) is 8.80. The van der Waals surface area contributed by atoms with Crippen LogP contribution in [0.3, 0.4) is 0 Å². The van der Waals surface area contributed by atoms with E-state index in [2.05, 4.69) is 10.6 Å². The molecule has 0 saturated carbocycles. The molecule has 0 heterocycles. The number of hydrogen-bond donors (Lipinski definition) is 3. The molecule has 0 fully saturated rings. The number of amides is 2. The lowest BCUT2D eigenvalue weighted by Crippen LogP contribution is -2.40. The minimum absolute atomic E-state index is 0.0985. The van der Waals surface area contributed by atoms with Crippen molar-refractivity contribution in [1.82, 2.24) is 10.6 Å². The molecule has 1 aromatic carbocycles.